The van der Waals surface area contributed by atoms with E-state index in [0.29, 0.717) is 0 Å². The first-order valence-corrected chi connectivity index (χ1v) is 7.77. The van der Waals surface area contributed by atoms with E-state index in [-0.39, 0.29) is 0 Å². The molecule has 1 fully saturated rings. The Morgan fingerprint density at radius 2 is 1.80 bits per heavy atom. The van der Waals surface area contributed by atoms with Crippen molar-refractivity contribution < 1.29 is 0 Å². The molecular weight excluding hydrogens is 242 g/mol. The molecule has 0 bridgehead atoms. The largest absolute Gasteiger partial charge is 0.313 e. The monoisotopic (exact) mass is 265 g/mol. The summed E-state index contributed by atoms with van der Waals surface area (Å²) in [5, 5.41) is 3.38. The predicted molar refractivity (Wildman–Crippen MR) is 85.9 cm³/mol. The molecule has 1 aliphatic rings. The van der Waals surface area contributed by atoms with E-state index < -0.39 is 0 Å². The van der Waals surface area contributed by atoms with Crippen LogP contribution in [0, 0.1) is 0 Å². The summed E-state index contributed by atoms with van der Waals surface area (Å²) in [6.07, 6.45) is 4.15. The molecule has 0 heterocycles. The Morgan fingerprint density at radius 1 is 1.00 bits per heavy atom. The third-order valence-corrected chi connectivity index (χ3v) is 4.33. The van der Waals surface area contributed by atoms with E-state index in [1.165, 1.54) is 41.5 Å². The molecule has 0 amide bonds. The van der Waals surface area contributed by atoms with Gasteiger partial charge in [-0.1, -0.05) is 55.8 Å². The van der Waals surface area contributed by atoms with Crippen molar-refractivity contribution >= 4 is 0 Å². The molecule has 2 aromatic rings. The van der Waals surface area contributed by atoms with Gasteiger partial charge in [0.1, 0.15) is 0 Å². The zero-order valence-corrected chi connectivity index (χ0v) is 12.2. The Labute approximate surface area is 122 Å². The smallest absolute Gasteiger partial charge is 0.0205 e. The summed E-state index contributed by atoms with van der Waals surface area (Å²) >= 11 is 0. The second-order valence-corrected chi connectivity index (χ2v) is 5.73. The van der Waals surface area contributed by atoms with Crippen LogP contribution in [0.1, 0.15) is 43.2 Å². The highest BCUT2D eigenvalue weighted by Gasteiger charge is 2.18. The fraction of sp³-hybridized carbons (Fsp3) is 0.368. The second kappa shape index (κ2) is 6.23. The zero-order valence-electron chi connectivity index (χ0n) is 12.2. The Bertz CT molecular complexity index is 552. The van der Waals surface area contributed by atoms with Crippen molar-refractivity contribution in [3.8, 4) is 11.1 Å². The van der Waals surface area contributed by atoms with Gasteiger partial charge in [0.15, 0.2) is 0 Å². The van der Waals surface area contributed by atoms with Crippen LogP contribution in [0.5, 0.6) is 0 Å². The third kappa shape index (κ3) is 2.94. The minimum Gasteiger partial charge on any atom is -0.313 e. The highest BCUT2D eigenvalue weighted by Crippen LogP contribution is 2.36. The van der Waals surface area contributed by atoms with E-state index >= 15 is 0 Å². The molecule has 2 aromatic carbocycles. The van der Waals surface area contributed by atoms with Crippen LogP contribution in [0.15, 0.2) is 48.5 Å². The highest BCUT2D eigenvalue weighted by atomic mass is 14.8. The van der Waals surface area contributed by atoms with E-state index in [0.717, 1.165) is 19.0 Å². The Kier molecular flexibility index (Phi) is 4.17. The van der Waals surface area contributed by atoms with Gasteiger partial charge in [0.2, 0.25) is 0 Å². The number of hydrogen-bond acceptors (Lipinski definition) is 1. The van der Waals surface area contributed by atoms with Crippen molar-refractivity contribution in [1.82, 2.24) is 5.32 Å². The van der Waals surface area contributed by atoms with Gasteiger partial charge in [0, 0.05) is 6.54 Å². The molecule has 0 unspecified atom stereocenters. The Hall–Kier alpha value is -1.60. The second-order valence-electron chi connectivity index (χ2n) is 5.73. The maximum Gasteiger partial charge on any atom is 0.0205 e. The van der Waals surface area contributed by atoms with Crippen LogP contribution >= 0.6 is 0 Å². The van der Waals surface area contributed by atoms with Gasteiger partial charge in [-0.15, -0.1) is 0 Å². The van der Waals surface area contributed by atoms with E-state index in [4.69, 9.17) is 0 Å². The van der Waals surface area contributed by atoms with Gasteiger partial charge in [0.05, 0.1) is 0 Å². The van der Waals surface area contributed by atoms with Gasteiger partial charge in [-0.05, 0) is 53.6 Å². The maximum atomic E-state index is 3.38. The van der Waals surface area contributed by atoms with Gasteiger partial charge in [-0.2, -0.15) is 0 Å². The average Bonchev–Trinajstić information content (AvgIpc) is 2.44. The van der Waals surface area contributed by atoms with Crippen LogP contribution in [0.3, 0.4) is 0 Å². The molecule has 3 rings (SSSR count). The summed E-state index contributed by atoms with van der Waals surface area (Å²) in [6, 6.07) is 18.0. The fourth-order valence-electron chi connectivity index (χ4n) is 2.82. The van der Waals surface area contributed by atoms with Crippen molar-refractivity contribution in [3.05, 3.63) is 59.7 Å². The van der Waals surface area contributed by atoms with Gasteiger partial charge >= 0.3 is 0 Å². The minimum absolute atomic E-state index is 0.823. The standard InChI is InChI=1S/C19H23N/c1-2-20-14-15-5-3-8-19(13-15)18-11-9-17(10-12-18)16-6-4-7-16/h3,5,8-13,16,20H,2,4,6-7,14H2,1H3. The Balaban J connectivity index is 1.77. The van der Waals surface area contributed by atoms with E-state index in [1.807, 2.05) is 0 Å². The van der Waals surface area contributed by atoms with Crippen molar-refractivity contribution in [2.24, 2.45) is 0 Å². The first-order chi connectivity index (χ1) is 9.86. The molecule has 1 N–H and O–H groups in total. The van der Waals surface area contributed by atoms with Gasteiger partial charge in [0.25, 0.3) is 0 Å². The number of hydrogen-bond donors (Lipinski definition) is 1. The van der Waals surface area contributed by atoms with Crippen molar-refractivity contribution in [1.29, 1.82) is 0 Å². The summed E-state index contributed by atoms with van der Waals surface area (Å²) in [7, 11) is 0. The summed E-state index contributed by atoms with van der Waals surface area (Å²) in [4.78, 5) is 0. The normalized spacial score (nSPS) is 15.1. The predicted octanol–water partition coefficient (Wildman–Crippen LogP) is 4.73. The molecule has 0 radical (unpaired) electrons. The molecule has 104 valence electrons. The van der Waals surface area contributed by atoms with Crippen LogP contribution in [0.25, 0.3) is 11.1 Å². The maximum absolute atomic E-state index is 3.38. The fourth-order valence-corrected chi connectivity index (χ4v) is 2.82. The molecular formula is C19H23N. The molecule has 0 atom stereocenters. The van der Waals surface area contributed by atoms with Gasteiger partial charge in [-0.3, -0.25) is 0 Å². The molecule has 1 saturated carbocycles. The summed E-state index contributed by atoms with van der Waals surface area (Å²) in [5.41, 5.74) is 5.52. The van der Waals surface area contributed by atoms with Crippen LogP contribution in [0.4, 0.5) is 0 Å². The molecule has 20 heavy (non-hydrogen) atoms. The van der Waals surface area contributed by atoms with Crippen molar-refractivity contribution in [3.63, 3.8) is 0 Å². The molecule has 0 saturated heterocycles. The first-order valence-electron chi connectivity index (χ1n) is 7.77. The van der Waals surface area contributed by atoms with Gasteiger partial charge in [-0.25, -0.2) is 0 Å². The first kappa shape index (κ1) is 13.4. The molecule has 0 aromatic heterocycles. The van der Waals surface area contributed by atoms with E-state index in [2.05, 4.69) is 60.8 Å². The molecule has 1 heteroatoms. The lowest BCUT2D eigenvalue weighted by atomic mass is 9.80. The minimum atomic E-state index is 0.823. The lowest BCUT2D eigenvalue weighted by molar-refractivity contribution is 0.420. The van der Waals surface area contributed by atoms with Crippen LogP contribution < -0.4 is 5.32 Å². The van der Waals surface area contributed by atoms with Crippen molar-refractivity contribution in [2.75, 3.05) is 6.54 Å². The lowest BCUT2D eigenvalue weighted by Gasteiger charge is -2.25. The molecule has 1 aliphatic carbocycles. The topological polar surface area (TPSA) is 12.0 Å². The molecule has 0 aliphatic heterocycles. The summed E-state index contributed by atoms with van der Waals surface area (Å²) in [6.45, 7) is 4.10. The zero-order chi connectivity index (χ0) is 13.8. The quantitative estimate of drug-likeness (QED) is 0.824. The average molecular weight is 265 g/mol. The molecule has 1 nitrogen and oxygen atoms in total. The summed E-state index contributed by atoms with van der Waals surface area (Å²) < 4.78 is 0. The van der Waals surface area contributed by atoms with Gasteiger partial charge < -0.3 is 5.32 Å². The SMILES string of the molecule is CCNCc1cccc(-c2ccc(C3CCC3)cc2)c1. The molecule has 0 spiro atoms. The van der Waals surface area contributed by atoms with Crippen LogP contribution in [-0.4, -0.2) is 6.54 Å². The third-order valence-electron chi connectivity index (χ3n) is 4.33. The lowest BCUT2D eigenvalue weighted by Crippen LogP contribution is -2.11. The Morgan fingerprint density at radius 3 is 2.45 bits per heavy atom. The van der Waals surface area contributed by atoms with Crippen LogP contribution in [-0.2, 0) is 6.54 Å². The summed E-state index contributed by atoms with van der Waals surface area (Å²) in [5.74, 6) is 0.823. The number of benzene rings is 2. The highest BCUT2D eigenvalue weighted by molar-refractivity contribution is 5.64. The van der Waals surface area contributed by atoms with E-state index in [1.54, 1.807) is 0 Å². The van der Waals surface area contributed by atoms with Crippen molar-refractivity contribution in [2.45, 2.75) is 38.6 Å². The number of nitrogens with one attached hydrogen (secondary N) is 1. The van der Waals surface area contributed by atoms with E-state index in [9.17, 15) is 0 Å². The number of rotatable bonds is 5. The van der Waals surface area contributed by atoms with Crippen LogP contribution in [0.2, 0.25) is 0 Å².